The van der Waals surface area contributed by atoms with E-state index in [1.807, 2.05) is 18.3 Å². The number of likely N-dealkylation sites (N-methyl/N-ethyl adjacent to an activating group) is 1. The third-order valence-electron chi connectivity index (χ3n) is 2.88. The fourth-order valence-electron chi connectivity index (χ4n) is 1.81. The Morgan fingerprint density at radius 2 is 2.17 bits per heavy atom. The Morgan fingerprint density at radius 3 is 2.83 bits per heavy atom. The highest BCUT2D eigenvalue weighted by Gasteiger charge is 2.07. The summed E-state index contributed by atoms with van der Waals surface area (Å²) >= 11 is 1.90. The molecule has 18 heavy (non-hydrogen) atoms. The molecular weight excluding hydrogens is 244 g/mol. The first-order chi connectivity index (χ1) is 8.67. The highest BCUT2D eigenvalue weighted by atomic mass is 32.1. The number of hydrogen-bond acceptors (Lipinski definition) is 4. The molecule has 3 nitrogen and oxygen atoms in total. The van der Waals surface area contributed by atoms with Crippen LogP contribution in [0.1, 0.15) is 29.2 Å². The topological polar surface area (TPSA) is 24.5 Å². The number of rotatable bonds is 9. The van der Waals surface area contributed by atoms with E-state index in [0.29, 0.717) is 0 Å². The van der Waals surface area contributed by atoms with Crippen LogP contribution in [0.15, 0.2) is 6.07 Å². The molecular formula is C14H26N2OS. The molecule has 0 aliphatic rings. The second kappa shape index (κ2) is 8.64. The van der Waals surface area contributed by atoms with Crippen molar-refractivity contribution in [3.05, 3.63) is 21.4 Å². The van der Waals surface area contributed by atoms with Crippen molar-refractivity contribution in [2.45, 2.75) is 33.9 Å². The number of thiophene rings is 1. The minimum atomic E-state index is 0.804. The Balaban J connectivity index is 2.42. The lowest BCUT2D eigenvalue weighted by Gasteiger charge is -2.16. The van der Waals surface area contributed by atoms with Gasteiger partial charge in [0.1, 0.15) is 0 Å². The first-order valence-corrected chi connectivity index (χ1v) is 7.54. The van der Waals surface area contributed by atoms with Gasteiger partial charge in [-0.1, -0.05) is 6.92 Å². The molecule has 1 aromatic heterocycles. The SMILES string of the molecule is CCNCc1cc(CN(C)CCOCC)c(C)s1. The van der Waals surface area contributed by atoms with Crippen molar-refractivity contribution in [3.8, 4) is 0 Å². The molecule has 4 heteroatoms. The van der Waals surface area contributed by atoms with Crippen molar-refractivity contribution in [2.75, 3.05) is 33.4 Å². The largest absolute Gasteiger partial charge is 0.380 e. The molecule has 1 aromatic rings. The quantitative estimate of drug-likeness (QED) is 0.698. The fraction of sp³-hybridized carbons (Fsp3) is 0.714. The van der Waals surface area contributed by atoms with Crippen molar-refractivity contribution in [3.63, 3.8) is 0 Å². The minimum absolute atomic E-state index is 0.804. The van der Waals surface area contributed by atoms with Crippen molar-refractivity contribution < 1.29 is 4.74 Å². The Bertz CT molecular complexity index is 339. The van der Waals surface area contributed by atoms with Crippen LogP contribution in [0.2, 0.25) is 0 Å². The lowest BCUT2D eigenvalue weighted by molar-refractivity contribution is 0.120. The molecule has 0 amide bonds. The summed E-state index contributed by atoms with van der Waals surface area (Å²) in [6.45, 7) is 12.0. The monoisotopic (exact) mass is 270 g/mol. The number of ether oxygens (including phenoxy) is 1. The van der Waals surface area contributed by atoms with Gasteiger partial charge in [-0.2, -0.15) is 0 Å². The molecule has 0 atom stereocenters. The van der Waals surface area contributed by atoms with E-state index in [1.54, 1.807) is 0 Å². The molecule has 1 heterocycles. The van der Waals surface area contributed by atoms with Crippen LogP contribution in [0.4, 0.5) is 0 Å². The molecule has 0 aliphatic carbocycles. The Kier molecular flexibility index (Phi) is 7.51. The van der Waals surface area contributed by atoms with Gasteiger partial charge in [0.2, 0.25) is 0 Å². The summed E-state index contributed by atoms with van der Waals surface area (Å²) in [4.78, 5) is 5.19. The van der Waals surface area contributed by atoms with Crippen molar-refractivity contribution in [1.82, 2.24) is 10.2 Å². The van der Waals surface area contributed by atoms with Gasteiger partial charge in [0.05, 0.1) is 6.61 Å². The highest BCUT2D eigenvalue weighted by molar-refractivity contribution is 7.12. The molecule has 0 unspecified atom stereocenters. The van der Waals surface area contributed by atoms with Gasteiger partial charge in [-0.05, 0) is 39.1 Å². The van der Waals surface area contributed by atoms with E-state index in [9.17, 15) is 0 Å². The lowest BCUT2D eigenvalue weighted by Crippen LogP contribution is -2.22. The van der Waals surface area contributed by atoms with Crippen LogP contribution < -0.4 is 5.32 Å². The standard InChI is InChI=1S/C14H26N2OS/c1-5-15-10-14-9-13(12(3)18-14)11-16(4)7-8-17-6-2/h9,15H,5-8,10-11H2,1-4H3. The van der Waals surface area contributed by atoms with E-state index in [-0.39, 0.29) is 0 Å². The third-order valence-corrected chi connectivity index (χ3v) is 3.98. The summed E-state index contributed by atoms with van der Waals surface area (Å²) in [5.74, 6) is 0. The maximum Gasteiger partial charge on any atom is 0.0593 e. The lowest BCUT2D eigenvalue weighted by atomic mass is 10.2. The zero-order valence-corrected chi connectivity index (χ0v) is 12.9. The summed E-state index contributed by atoms with van der Waals surface area (Å²) in [6.07, 6.45) is 0. The zero-order chi connectivity index (χ0) is 13.4. The van der Waals surface area contributed by atoms with Crippen LogP contribution in [0, 0.1) is 6.92 Å². The predicted octanol–water partition coefficient (Wildman–Crippen LogP) is 2.63. The van der Waals surface area contributed by atoms with E-state index < -0.39 is 0 Å². The first kappa shape index (κ1) is 15.6. The molecule has 0 aliphatic heterocycles. The van der Waals surface area contributed by atoms with Crippen LogP contribution in [0.3, 0.4) is 0 Å². The maximum atomic E-state index is 5.38. The van der Waals surface area contributed by atoms with Crippen LogP contribution in [-0.4, -0.2) is 38.3 Å². The number of nitrogens with zero attached hydrogens (tertiary/aromatic N) is 1. The van der Waals surface area contributed by atoms with Gasteiger partial charge in [-0.25, -0.2) is 0 Å². The molecule has 0 radical (unpaired) electrons. The van der Waals surface area contributed by atoms with Crippen molar-refractivity contribution in [2.24, 2.45) is 0 Å². The summed E-state index contributed by atoms with van der Waals surface area (Å²) in [7, 11) is 2.15. The fourth-order valence-corrected chi connectivity index (χ4v) is 2.84. The van der Waals surface area contributed by atoms with Crippen molar-refractivity contribution in [1.29, 1.82) is 0 Å². The van der Waals surface area contributed by atoms with Crippen LogP contribution in [-0.2, 0) is 17.8 Å². The van der Waals surface area contributed by atoms with Gasteiger partial charge in [0, 0.05) is 36.0 Å². The van der Waals surface area contributed by atoms with Gasteiger partial charge in [-0.15, -0.1) is 11.3 Å². The number of aryl methyl sites for hydroxylation is 1. The van der Waals surface area contributed by atoms with Gasteiger partial charge in [-0.3, -0.25) is 4.90 Å². The smallest absolute Gasteiger partial charge is 0.0593 e. The van der Waals surface area contributed by atoms with Crippen LogP contribution >= 0.6 is 11.3 Å². The Morgan fingerprint density at radius 1 is 1.39 bits per heavy atom. The summed E-state index contributed by atoms with van der Waals surface area (Å²) in [5.41, 5.74) is 1.45. The van der Waals surface area contributed by atoms with E-state index in [0.717, 1.165) is 39.4 Å². The number of hydrogen-bond donors (Lipinski definition) is 1. The molecule has 1 rings (SSSR count). The maximum absolute atomic E-state index is 5.38. The predicted molar refractivity (Wildman–Crippen MR) is 79.3 cm³/mol. The summed E-state index contributed by atoms with van der Waals surface area (Å²) in [6, 6.07) is 2.33. The van der Waals surface area contributed by atoms with E-state index >= 15 is 0 Å². The third kappa shape index (κ3) is 5.48. The van der Waals surface area contributed by atoms with E-state index in [2.05, 4.69) is 37.2 Å². The molecule has 0 spiro atoms. The van der Waals surface area contributed by atoms with Gasteiger partial charge < -0.3 is 10.1 Å². The normalized spacial score (nSPS) is 11.4. The average molecular weight is 270 g/mol. The van der Waals surface area contributed by atoms with E-state index in [4.69, 9.17) is 4.74 Å². The molecule has 0 aromatic carbocycles. The first-order valence-electron chi connectivity index (χ1n) is 6.72. The second-order valence-electron chi connectivity index (χ2n) is 4.51. The minimum Gasteiger partial charge on any atom is -0.380 e. The average Bonchev–Trinajstić information content (AvgIpc) is 2.68. The van der Waals surface area contributed by atoms with Gasteiger partial charge in [0.25, 0.3) is 0 Å². The van der Waals surface area contributed by atoms with Gasteiger partial charge in [0.15, 0.2) is 0 Å². The molecule has 0 saturated carbocycles. The van der Waals surface area contributed by atoms with Crippen LogP contribution in [0.5, 0.6) is 0 Å². The van der Waals surface area contributed by atoms with Gasteiger partial charge >= 0.3 is 0 Å². The summed E-state index contributed by atoms with van der Waals surface area (Å²) < 4.78 is 5.38. The van der Waals surface area contributed by atoms with E-state index in [1.165, 1.54) is 15.3 Å². The highest BCUT2D eigenvalue weighted by Crippen LogP contribution is 2.22. The second-order valence-corrected chi connectivity index (χ2v) is 5.85. The molecule has 0 saturated heterocycles. The zero-order valence-electron chi connectivity index (χ0n) is 12.1. The Hall–Kier alpha value is -0.420. The molecule has 104 valence electrons. The molecule has 0 bridgehead atoms. The van der Waals surface area contributed by atoms with Crippen LogP contribution in [0.25, 0.3) is 0 Å². The number of nitrogens with one attached hydrogen (secondary N) is 1. The molecule has 1 N–H and O–H groups in total. The Labute approximate surface area is 115 Å². The summed E-state index contributed by atoms with van der Waals surface area (Å²) in [5, 5.41) is 3.38. The molecule has 0 fully saturated rings. The van der Waals surface area contributed by atoms with Crippen molar-refractivity contribution >= 4 is 11.3 Å².